The highest BCUT2D eigenvalue weighted by molar-refractivity contribution is 7.51. The van der Waals surface area contributed by atoms with Gasteiger partial charge in [0, 0.05) is 17.8 Å². The first-order valence-corrected chi connectivity index (χ1v) is 8.75. The van der Waals surface area contributed by atoms with Crippen LogP contribution in [0.2, 0.25) is 0 Å². The summed E-state index contributed by atoms with van der Waals surface area (Å²) in [7, 11) is -4.07. The monoisotopic (exact) mass is 319 g/mol. The second-order valence-corrected chi connectivity index (χ2v) is 6.67. The van der Waals surface area contributed by atoms with E-state index in [4.69, 9.17) is 9.79 Å². The summed E-state index contributed by atoms with van der Waals surface area (Å²) < 4.78 is 10.9. The molecule has 2 N–H and O–H groups in total. The lowest BCUT2D eigenvalue weighted by Gasteiger charge is -2.23. The van der Waals surface area contributed by atoms with E-state index in [1.54, 1.807) is 4.90 Å². The fraction of sp³-hybridized carbons (Fsp3) is 0.188. The van der Waals surface area contributed by atoms with Gasteiger partial charge in [-0.1, -0.05) is 36.4 Å². The molecule has 0 spiro atoms. The van der Waals surface area contributed by atoms with Crippen molar-refractivity contribution in [3.8, 4) is 0 Å². The highest BCUT2D eigenvalue weighted by Crippen LogP contribution is 2.35. The Bertz CT molecular complexity index is 615. The Morgan fingerprint density at radius 3 is 1.77 bits per heavy atom. The van der Waals surface area contributed by atoms with Crippen LogP contribution in [0.15, 0.2) is 60.7 Å². The number of carbonyl (C=O) groups is 1. The normalized spacial score (nSPS) is 11.2. The van der Waals surface area contributed by atoms with E-state index in [1.165, 1.54) is 0 Å². The van der Waals surface area contributed by atoms with Crippen LogP contribution in [0.3, 0.4) is 0 Å². The van der Waals surface area contributed by atoms with Gasteiger partial charge in [-0.3, -0.25) is 14.3 Å². The summed E-state index contributed by atoms with van der Waals surface area (Å²) in [5.41, 5.74) is 1.46. The van der Waals surface area contributed by atoms with Crippen LogP contribution in [-0.2, 0) is 9.36 Å². The predicted molar refractivity (Wildman–Crippen MR) is 86.2 cm³/mol. The molecule has 22 heavy (non-hydrogen) atoms. The van der Waals surface area contributed by atoms with Gasteiger partial charge in [-0.05, 0) is 30.7 Å². The Morgan fingerprint density at radius 1 is 0.909 bits per heavy atom. The summed E-state index contributed by atoms with van der Waals surface area (Å²) in [4.78, 5) is 31.9. The molecule has 5 nitrogen and oxygen atoms in total. The minimum absolute atomic E-state index is 0.0783. The molecule has 0 aliphatic carbocycles. The average molecular weight is 319 g/mol. The van der Waals surface area contributed by atoms with Crippen molar-refractivity contribution in [3.05, 3.63) is 60.7 Å². The van der Waals surface area contributed by atoms with Crippen molar-refractivity contribution in [1.82, 2.24) is 0 Å². The van der Waals surface area contributed by atoms with Crippen LogP contribution < -0.4 is 4.90 Å². The van der Waals surface area contributed by atoms with Gasteiger partial charge >= 0.3 is 7.60 Å². The van der Waals surface area contributed by atoms with Crippen molar-refractivity contribution in [3.63, 3.8) is 0 Å². The van der Waals surface area contributed by atoms with Gasteiger partial charge in [0.2, 0.25) is 5.91 Å². The van der Waals surface area contributed by atoms with Gasteiger partial charge in [-0.2, -0.15) is 0 Å². The van der Waals surface area contributed by atoms with Crippen molar-refractivity contribution in [1.29, 1.82) is 0 Å². The minimum Gasteiger partial charge on any atom is -0.324 e. The molecule has 2 aromatic carbocycles. The average Bonchev–Trinajstić information content (AvgIpc) is 2.48. The molecule has 0 radical (unpaired) electrons. The quantitative estimate of drug-likeness (QED) is 0.801. The molecule has 0 unspecified atom stereocenters. The lowest BCUT2D eigenvalue weighted by molar-refractivity contribution is -0.117. The fourth-order valence-electron chi connectivity index (χ4n) is 2.14. The van der Waals surface area contributed by atoms with Gasteiger partial charge in [0.15, 0.2) is 0 Å². The molecule has 0 aromatic heterocycles. The lowest BCUT2D eigenvalue weighted by Crippen LogP contribution is -2.25. The topological polar surface area (TPSA) is 77.8 Å². The summed E-state index contributed by atoms with van der Waals surface area (Å²) in [5, 5.41) is 0. The molecule has 0 atom stereocenters. The van der Waals surface area contributed by atoms with E-state index in [9.17, 15) is 9.36 Å². The first-order valence-electron chi connectivity index (χ1n) is 6.95. The second kappa shape index (κ2) is 7.36. The van der Waals surface area contributed by atoms with Gasteiger partial charge in [0.25, 0.3) is 0 Å². The molecule has 0 aliphatic rings. The molecule has 0 bridgehead atoms. The molecule has 0 fully saturated rings. The van der Waals surface area contributed by atoms with Crippen molar-refractivity contribution >= 4 is 24.9 Å². The maximum absolute atomic E-state index is 12.5. The lowest BCUT2D eigenvalue weighted by atomic mass is 10.2. The zero-order valence-electron chi connectivity index (χ0n) is 12.0. The number of anilines is 2. The minimum atomic E-state index is -4.07. The largest absolute Gasteiger partial charge is 0.325 e. The van der Waals surface area contributed by atoms with E-state index >= 15 is 0 Å². The summed E-state index contributed by atoms with van der Waals surface area (Å²) in [5.74, 6) is -0.189. The van der Waals surface area contributed by atoms with Gasteiger partial charge in [0.05, 0.1) is 6.16 Å². The summed E-state index contributed by atoms with van der Waals surface area (Å²) in [6.45, 7) is 0. The van der Waals surface area contributed by atoms with Crippen molar-refractivity contribution in [2.75, 3.05) is 11.1 Å². The molecule has 1 amide bonds. The van der Waals surface area contributed by atoms with Crippen LogP contribution in [-0.4, -0.2) is 21.9 Å². The number of carbonyl (C=O) groups excluding carboxylic acids is 1. The summed E-state index contributed by atoms with van der Waals surface area (Å²) in [6, 6.07) is 18.4. The van der Waals surface area contributed by atoms with Crippen molar-refractivity contribution < 1.29 is 19.1 Å². The Hall–Kier alpha value is -1.94. The third kappa shape index (κ3) is 4.81. The first kappa shape index (κ1) is 16.4. The molecule has 116 valence electrons. The molecule has 0 aliphatic heterocycles. The number of nitrogens with zero attached hydrogens (tertiary/aromatic N) is 1. The zero-order valence-corrected chi connectivity index (χ0v) is 12.9. The highest BCUT2D eigenvalue weighted by atomic mass is 31.2. The summed E-state index contributed by atoms with van der Waals surface area (Å²) >= 11 is 0. The molecule has 6 heteroatoms. The summed E-state index contributed by atoms with van der Waals surface area (Å²) in [6.07, 6.45) is -0.0513. The fourth-order valence-corrected chi connectivity index (χ4v) is 2.71. The molecular formula is C16H18NO4P. The van der Waals surface area contributed by atoms with Crippen LogP contribution in [0.4, 0.5) is 11.4 Å². The number of benzene rings is 2. The number of amides is 1. The molecule has 0 saturated carbocycles. The predicted octanol–water partition coefficient (Wildman–Crippen LogP) is 3.31. The standard InChI is InChI=1S/C16H18NO4P/c18-16(12-7-13-22(19,20)21)17(14-8-3-1-4-9-14)15-10-5-2-6-11-15/h1-6,8-11H,7,12-13H2,(H2,19,20,21). The van der Waals surface area contributed by atoms with Crippen LogP contribution >= 0.6 is 7.60 Å². The van der Waals surface area contributed by atoms with Gasteiger partial charge in [-0.15, -0.1) is 0 Å². The zero-order chi connectivity index (χ0) is 16.0. The first-order chi connectivity index (χ1) is 10.5. The smallest absolute Gasteiger partial charge is 0.324 e. The van der Waals surface area contributed by atoms with Crippen LogP contribution in [0.1, 0.15) is 12.8 Å². The van der Waals surface area contributed by atoms with Gasteiger partial charge in [0.1, 0.15) is 0 Å². The van der Waals surface area contributed by atoms with Crippen LogP contribution in [0.5, 0.6) is 0 Å². The molecule has 0 heterocycles. The molecule has 2 aromatic rings. The SMILES string of the molecule is O=C(CCCP(=O)(O)O)N(c1ccccc1)c1ccccc1. The van der Waals surface area contributed by atoms with E-state index in [-0.39, 0.29) is 24.9 Å². The van der Waals surface area contributed by atoms with Gasteiger partial charge < -0.3 is 9.79 Å². The third-order valence-electron chi connectivity index (χ3n) is 3.12. The van der Waals surface area contributed by atoms with E-state index in [1.807, 2.05) is 60.7 Å². The maximum Gasteiger partial charge on any atom is 0.325 e. The number of hydrogen-bond donors (Lipinski definition) is 2. The number of para-hydroxylation sites is 2. The van der Waals surface area contributed by atoms with E-state index in [0.717, 1.165) is 11.4 Å². The van der Waals surface area contributed by atoms with Crippen LogP contribution in [0.25, 0.3) is 0 Å². The van der Waals surface area contributed by atoms with Crippen molar-refractivity contribution in [2.45, 2.75) is 12.8 Å². The molecule has 2 rings (SSSR count). The molecule has 0 saturated heterocycles. The Balaban J connectivity index is 2.18. The Labute approximate surface area is 129 Å². The van der Waals surface area contributed by atoms with E-state index in [2.05, 4.69) is 0 Å². The molecular weight excluding hydrogens is 301 g/mol. The highest BCUT2D eigenvalue weighted by Gasteiger charge is 2.19. The van der Waals surface area contributed by atoms with E-state index < -0.39 is 7.60 Å². The van der Waals surface area contributed by atoms with Crippen LogP contribution in [0, 0.1) is 0 Å². The maximum atomic E-state index is 12.5. The van der Waals surface area contributed by atoms with E-state index in [0.29, 0.717) is 0 Å². The van der Waals surface area contributed by atoms with Crippen molar-refractivity contribution in [2.24, 2.45) is 0 Å². The Morgan fingerprint density at radius 2 is 1.36 bits per heavy atom. The third-order valence-corrected chi connectivity index (χ3v) is 4.02. The van der Waals surface area contributed by atoms with Gasteiger partial charge in [-0.25, -0.2) is 0 Å². The number of rotatable bonds is 6. The Kier molecular flexibility index (Phi) is 5.50. The second-order valence-electron chi connectivity index (χ2n) is 4.89. The number of hydrogen-bond acceptors (Lipinski definition) is 2.